The SMILES string of the molecule is Cc1cc2c(c(C)nn2-c2ccccc2)c(=O)[nH]1. The molecule has 0 spiro atoms. The van der Waals surface area contributed by atoms with Gasteiger partial charge in [-0.3, -0.25) is 4.79 Å². The number of hydrogen-bond donors (Lipinski definition) is 1. The number of benzene rings is 1. The molecule has 90 valence electrons. The summed E-state index contributed by atoms with van der Waals surface area (Å²) in [5.41, 5.74) is 3.31. The molecule has 4 nitrogen and oxygen atoms in total. The first-order valence-corrected chi connectivity index (χ1v) is 5.81. The quantitative estimate of drug-likeness (QED) is 0.708. The van der Waals surface area contributed by atoms with Crippen LogP contribution in [0.15, 0.2) is 41.2 Å². The zero-order valence-electron chi connectivity index (χ0n) is 10.3. The van der Waals surface area contributed by atoms with Crippen LogP contribution in [0.2, 0.25) is 0 Å². The summed E-state index contributed by atoms with van der Waals surface area (Å²) in [4.78, 5) is 14.8. The van der Waals surface area contributed by atoms with Crippen molar-refractivity contribution in [2.75, 3.05) is 0 Å². The van der Waals surface area contributed by atoms with Crippen molar-refractivity contribution in [3.8, 4) is 5.69 Å². The van der Waals surface area contributed by atoms with Gasteiger partial charge in [-0.25, -0.2) is 4.68 Å². The number of pyridine rings is 1. The number of fused-ring (bicyclic) bond motifs is 1. The van der Waals surface area contributed by atoms with Crippen LogP contribution in [0.25, 0.3) is 16.6 Å². The second-order valence-corrected chi connectivity index (χ2v) is 4.37. The van der Waals surface area contributed by atoms with E-state index in [0.29, 0.717) is 5.39 Å². The maximum atomic E-state index is 12.0. The van der Waals surface area contributed by atoms with Crippen LogP contribution in [0.1, 0.15) is 11.4 Å². The Hall–Kier alpha value is -2.36. The standard InChI is InChI=1S/C14H13N3O/c1-9-8-12-13(14(18)15-9)10(2)16-17(12)11-6-4-3-5-7-11/h3-8H,1-2H3,(H,15,18). The number of aromatic nitrogens is 3. The van der Waals surface area contributed by atoms with Crippen molar-refractivity contribution in [1.82, 2.24) is 14.8 Å². The van der Waals surface area contributed by atoms with Gasteiger partial charge in [-0.05, 0) is 32.0 Å². The van der Waals surface area contributed by atoms with Crippen molar-refractivity contribution in [2.24, 2.45) is 0 Å². The van der Waals surface area contributed by atoms with E-state index in [0.717, 1.165) is 22.6 Å². The Kier molecular flexibility index (Phi) is 2.30. The first kappa shape index (κ1) is 10.8. The third-order valence-corrected chi connectivity index (χ3v) is 2.99. The molecule has 3 rings (SSSR count). The molecule has 1 aromatic carbocycles. The first-order valence-electron chi connectivity index (χ1n) is 5.81. The average molecular weight is 239 g/mol. The van der Waals surface area contributed by atoms with E-state index in [9.17, 15) is 4.79 Å². The van der Waals surface area contributed by atoms with E-state index in [-0.39, 0.29) is 5.56 Å². The van der Waals surface area contributed by atoms with Crippen molar-refractivity contribution >= 4 is 10.9 Å². The number of hydrogen-bond acceptors (Lipinski definition) is 2. The minimum absolute atomic E-state index is 0.0790. The molecule has 0 saturated heterocycles. The van der Waals surface area contributed by atoms with Crippen LogP contribution >= 0.6 is 0 Å². The number of H-pyrrole nitrogens is 1. The van der Waals surface area contributed by atoms with Crippen molar-refractivity contribution in [3.63, 3.8) is 0 Å². The smallest absolute Gasteiger partial charge is 0.259 e. The summed E-state index contributed by atoms with van der Waals surface area (Å²) in [6.45, 7) is 3.73. The summed E-state index contributed by atoms with van der Waals surface area (Å²) in [5.74, 6) is 0. The summed E-state index contributed by atoms with van der Waals surface area (Å²) in [5, 5.41) is 5.12. The van der Waals surface area contributed by atoms with E-state index in [4.69, 9.17) is 0 Å². The maximum absolute atomic E-state index is 12.0. The lowest BCUT2D eigenvalue weighted by molar-refractivity contribution is 0.888. The number of nitrogens with one attached hydrogen (secondary N) is 1. The van der Waals surface area contributed by atoms with E-state index in [1.54, 1.807) is 0 Å². The van der Waals surface area contributed by atoms with Gasteiger partial charge in [-0.15, -0.1) is 0 Å². The number of rotatable bonds is 1. The second kappa shape index (κ2) is 3.84. The normalized spacial score (nSPS) is 11.0. The number of nitrogens with zero attached hydrogens (tertiary/aromatic N) is 2. The van der Waals surface area contributed by atoms with Crippen molar-refractivity contribution in [1.29, 1.82) is 0 Å². The fraction of sp³-hybridized carbons (Fsp3) is 0.143. The molecule has 0 saturated carbocycles. The van der Waals surface area contributed by atoms with E-state index in [2.05, 4.69) is 10.1 Å². The van der Waals surface area contributed by atoms with E-state index in [1.165, 1.54) is 0 Å². The minimum Gasteiger partial charge on any atom is -0.326 e. The summed E-state index contributed by atoms with van der Waals surface area (Å²) < 4.78 is 1.81. The van der Waals surface area contributed by atoms with Gasteiger partial charge in [0.05, 0.1) is 22.3 Å². The molecule has 0 aliphatic carbocycles. The highest BCUT2D eigenvalue weighted by atomic mass is 16.1. The van der Waals surface area contributed by atoms with Gasteiger partial charge in [-0.1, -0.05) is 18.2 Å². The summed E-state index contributed by atoms with van der Waals surface area (Å²) in [7, 11) is 0. The lowest BCUT2D eigenvalue weighted by atomic mass is 10.2. The molecule has 0 aliphatic heterocycles. The van der Waals surface area contributed by atoms with Gasteiger partial charge in [0.1, 0.15) is 0 Å². The van der Waals surface area contributed by atoms with Crippen LogP contribution in [-0.2, 0) is 0 Å². The molecule has 2 heterocycles. The molecule has 18 heavy (non-hydrogen) atoms. The molecule has 3 aromatic rings. The molecule has 0 fully saturated rings. The lowest BCUT2D eigenvalue weighted by Gasteiger charge is -2.03. The van der Waals surface area contributed by atoms with Crippen LogP contribution in [0.4, 0.5) is 0 Å². The van der Waals surface area contributed by atoms with Gasteiger partial charge in [0.2, 0.25) is 0 Å². The number of para-hydroxylation sites is 1. The van der Waals surface area contributed by atoms with E-state index in [1.807, 2.05) is 54.9 Å². The molecular weight excluding hydrogens is 226 g/mol. The van der Waals surface area contributed by atoms with Crippen molar-refractivity contribution in [3.05, 3.63) is 58.1 Å². The Morgan fingerprint density at radius 1 is 1.17 bits per heavy atom. The highest BCUT2D eigenvalue weighted by Gasteiger charge is 2.12. The molecule has 2 aromatic heterocycles. The van der Waals surface area contributed by atoms with Gasteiger partial charge >= 0.3 is 0 Å². The second-order valence-electron chi connectivity index (χ2n) is 4.37. The largest absolute Gasteiger partial charge is 0.326 e. The molecule has 0 bridgehead atoms. The van der Waals surface area contributed by atoms with Gasteiger partial charge in [-0.2, -0.15) is 5.10 Å². The summed E-state index contributed by atoms with van der Waals surface area (Å²) in [6, 6.07) is 11.8. The topological polar surface area (TPSA) is 50.7 Å². The molecule has 0 aliphatic rings. The zero-order chi connectivity index (χ0) is 12.7. The van der Waals surface area contributed by atoms with E-state index >= 15 is 0 Å². The molecular formula is C14H13N3O. The third kappa shape index (κ3) is 1.54. The number of aryl methyl sites for hydroxylation is 2. The Labute approximate surface area is 104 Å². The molecule has 0 unspecified atom stereocenters. The average Bonchev–Trinajstić information content (AvgIpc) is 2.67. The van der Waals surface area contributed by atoms with Crippen LogP contribution in [-0.4, -0.2) is 14.8 Å². The minimum atomic E-state index is -0.0790. The molecule has 0 atom stereocenters. The van der Waals surface area contributed by atoms with Gasteiger partial charge in [0, 0.05) is 5.69 Å². The van der Waals surface area contributed by atoms with Crippen LogP contribution in [0.3, 0.4) is 0 Å². The van der Waals surface area contributed by atoms with Crippen LogP contribution in [0, 0.1) is 13.8 Å². The Morgan fingerprint density at radius 3 is 2.61 bits per heavy atom. The summed E-state index contributed by atoms with van der Waals surface area (Å²) >= 11 is 0. The highest BCUT2D eigenvalue weighted by molar-refractivity contribution is 5.82. The fourth-order valence-electron chi connectivity index (χ4n) is 2.21. The third-order valence-electron chi connectivity index (χ3n) is 2.99. The van der Waals surface area contributed by atoms with Gasteiger partial charge < -0.3 is 4.98 Å². The first-order chi connectivity index (χ1) is 8.66. The van der Waals surface area contributed by atoms with Crippen molar-refractivity contribution in [2.45, 2.75) is 13.8 Å². The fourth-order valence-corrected chi connectivity index (χ4v) is 2.21. The Bertz CT molecular complexity index is 769. The lowest BCUT2D eigenvalue weighted by Crippen LogP contribution is -2.07. The van der Waals surface area contributed by atoms with Gasteiger partial charge in [0.25, 0.3) is 5.56 Å². The zero-order valence-corrected chi connectivity index (χ0v) is 10.3. The predicted octanol–water partition coefficient (Wildman–Crippen LogP) is 2.33. The monoisotopic (exact) mass is 239 g/mol. The van der Waals surface area contributed by atoms with Gasteiger partial charge in [0.15, 0.2) is 0 Å². The molecule has 0 radical (unpaired) electrons. The Morgan fingerprint density at radius 2 is 1.89 bits per heavy atom. The maximum Gasteiger partial charge on any atom is 0.259 e. The van der Waals surface area contributed by atoms with Crippen LogP contribution in [0.5, 0.6) is 0 Å². The van der Waals surface area contributed by atoms with Crippen LogP contribution < -0.4 is 5.56 Å². The Balaban J connectivity index is 2.42. The van der Waals surface area contributed by atoms with E-state index < -0.39 is 0 Å². The predicted molar refractivity (Wildman–Crippen MR) is 71.2 cm³/mol. The summed E-state index contributed by atoms with van der Waals surface area (Å²) in [6.07, 6.45) is 0. The molecule has 1 N–H and O–H groups in total. The van der Waals surface area contributed by atoms with Crippen molar-refractivity contribution < 1.29 is 0 Å². The molecule has 0 amide bonds. The highest BCUT2D eigenvalue weighted by Crippen LogP contribution is 2.18. The molecule has 4 heteroatoms. The number of aromatic amines is 1.